The Kier molecular flexibility index (Phi) is 3.68. The van der Waals surface area contributed by atoms with Crippen LogP contribution in [-0.2, 0) is 23.6 Å². The second kappa shape index (κ2) is 5.10. The fourth-order valence-corrected chi connectivity index (χ4v) is 2.80. The zero-order chi connectivity index (χ0) is 14.0. The molecule has 0 saturated heterocycles. The van der Waals surface area contributed by atoms with Gasteiger partial charge in [-0.15, -0.1) is 0 Å². The van der Waals surface area contributed by atoms with E-state index in [0.29, 0.717) is 0 Å². The minimum absolute atomic E-state index is 0.0681. The quantitative estimate of drug-likeness (QED) is 0.852. The number of rotatable bonds is 4. The zero-order valence-electron chi connectivity index (χ0n) is 10.6. The van der Waals surface area contributed by atoms with Gasteiger partial charge in [-0.05, 0) is 30.3 Å². The molecule has 0 amide bonds. The highest BCUT2D eigenvalue weighted by Gasteiger charge is 2.21. The molecule has 7 heteroatoms. The van der Waals surface area contributed by atoms with Crippen molar-refractivity contribution in [2.45, 2.75) is 11.4 Å². The van der Waals surface area contributed by atoms with Gasteiger partial charge in [-0.1, -0.05) is 0 Å². The summed E-state index contributed by atoms with van der Waals surface area (Å²) in [5, 5.41) is 3.98. The molecule has 0 atom stereocenters. The van der Waals surface area contributed by atoms with E-state index >= 15 is 0 Å². The Morgan fingerprint density at radius 1 is 1.26 bits per heavy atom. The van der Waals surface area contributed by atoms with Crippen LogP contribution in [0.4, 0.5) is 4.39 Å². The van der Waals surface area contributed by atoms with E-state index < -0.39 is 15.8 Å². The Morgan fingerprint density at radius 2 is 1.89 bits per heavy atom. The van der Waals surface area contributed by atoms with Gasteiger partial charge in [0.25, 0.3) is 0 Å². The predicted molar refractivity (Wildman–Crippen MR) is 68.3 cm³/mol. The normalized spacial score (nSPS) is 12.0. The van der Waals surface area contributed by atoms with E-state index in [9.17, 15) is 12.8 Å². The first-order valence-electron chi connectivity index (χ1n) is 5.60. The Morgan fingerprint density at radius 3 is 2.42 bits per heavy atom. The van der Waals surface area contributed by atoms with E-state index in [1.165, 1.54) is 23.5 Å². The molecule has 2 rings (SSSR count). The summed E-state index contributed by atoms with van der Waals surface area (Å²) in [6.45, 7) is 0.205. The highest BCUT2D eigenvalue weighted by Crippen LogP contribution is 2.16. The van der Waals surface area contributed by atoms with Crippen molar-refractivity contribution in [2.24, 2.45) is 7.05 Å². The van der Waals surface area contributed by atoms with E-state index in [-0.39, 0.29) is 11.4 Å². The summed E-state index contributed by atoms with van der Waals surface area (Å²) < 4.78 is 40.1. The second-order valence-corrected chi connectivity index (χ2v) is 6.21. The smallest absolute Gasteiger partial charge is 0.243 e. The summed E-state index contributed by atoms with van der Waals surface area (Å²) in [5.41, 5.74) is 0.771. The molecule has 1 aromatic heterocycles. The van der Waals surface area contributed by atoms with Crippen LogP contribution in [0.15, 0.2) is 41.4 Å². The van der Waals surface area contributed by atoms with Gasteiger partial charge in [0.05, 0.1) is 17.1 Å². The Hall–Kier alpha value is -1.73. The number of hydrogen-bond donors (Lipinski definition) is 0. The SMILES string of the molecule is CN(Cc1ccnn1C)S(=O)(=O)c1ccc(F)cc1. The lowest BCUT2D eigenvalue weighted by Crippen LogP contribution is -2.27. The van der Waals surface area contributed by atoms with Crippen molar-refractivity contribution in [3.05, 3.63) is 48.0 Å². The zero-order valence-corrected chi connectivity index (χ0v) is 11.4. The van der Waals surface area contributed by atoms with Crippen LogP contribution in [0.25, 0.3) is 0 Å². The third kappa shape index (κ3) is 2.82. The summed E-state index contributed by atoms with van der Waals surface area (Å²) in [7, 11) is -0.401. The molecule has 5 nitrogen and oxygen atoms in total. The van der Waals surface area contributed by atoms with Crippen LogP contribution in [0.3, 0.4) is 0 Å². The first kappa shape index (κ1) is 13.7. The van der Waals surface area contributed by atoms with Crippen molar-refractivity contribution in [1.29, 1.82) is 0 Å². The van der Waals surface area contributed by atoms with Crippen LogP contribution in [0, 0.1) is 5.82 Å². The van der Waals surface area contributed by atoms with Gasteiger partial charge >= 0.3 is 0 Å². The van der Waals surface area contributed by atoms with Crippen LogP contribution in [-0.4, -0.2) is 29.6 Å². The molecule has 0 fully saturated rings. The molecule has 0 radical (unpaired) electrons. The third-order valence-corrected chi connectivity index (χ3v) is 4.65. The molecule has 0 bridgehead atoms. The Bertz CT molecular complexity index is 665. The van der Waals surface area contributed by atoms with Crippen molar-refractivity contribution in [3.63, 3.8) is 0 Å². The van der Waals surface area contributed by atoms with Gasteiger partial charge < -0.3 is 0 Å². The van der Waals surface area contributed by atoms with Crippen LogP contribution < -0.4 is 0 Å². The highest BCUT2D eigenvalue weighted by molar-refractivity contribution is 7.89. The molecule has 0 aliphatic carbocycles. The van der Waals surface area contributed by atoms with E-state index in [1.54, 1.807) is 24.0 Å². The Balaban J connectivity index is 2.24. The second-order valence-electron chi connectivity index (χ2n) is 4.16. The number of halogens is 1. The lowest BCUT2D eigenvalue weighted by atomic mass is 10.4. The average molecular weight is 283 g/mol. The summed E-state index contributed by atoms with van der Waals surface area (Å²) in [6.07, 6.45) is 1.60. The molecule has 0 spiro atoms. The number of sulfonamides is 1. The molecule has 0 unspecified atom stereocenters. The monoisotopic (exact) mass is 283 g/mol. The topological polar surface area (TPSA) is 55.2 Å². The molecule has 19 heavy (non-hydrogen) atoms. The van der Waals surface area contributed by atoms with Crippen molar-refractivity contribution in [3.8, 4) is 0 Å². The average Bonchev–Trinajstić information content (AvgIpc) is 2.75. The summed E-state index contributed by atoms with van der Waals surface area (Å²) >= 11 is 0. The molecular weight excluding hydrogens is 269 g/mol. The van der Waals surface area contributed by atoms with Gasteiger partial charge in [0, 0.05) is 20.3 Å². The van der Waals surface area contributed by atoms with E-state index in [4.69, 9.17) is 0 Å². The molecule has 1 aromatic carbocycles. The maximum absolute atomic E-state index is 12.8. The first-order chi connectivity index (χ1) is 8.91. The molecule has 0 aliphatic heterocycles. The number of aryl methyl sites for hydroxylation is 1. The van der Waals surface area contributed by atoms with Gasteiger partial charge in [0.1, 0.15) is 5.82 Å². The van der Waals surface area contributed by atoms with Crippen LogP contribution in [0.2, 0.25) is 0 Å². The van der Waals surface area contributed by atoms with Crippen molar-refractivity contribution in [2.75, 3.05) is 7.05 Å². The third-order valence-electron chi connectivity index (χ3n) is 2.83. The molecule has 0 aliphatic rings. The number of aromatic nitrogens is 2. The first-order valence-corrected chi connectivity index (χ1v) is 7.04. The lowest BCUT2D eigenvalue weighted by Gasteiger charge is -2.17. The Labute approximate surface area is 111 Å². The molecule has 0 N–H and O–H groups in total. The van der Waals surface area contributed by atoms with E-state index in [1.807, 2.05) is 0 Å². The molecule has 2 aromatic rings. The number of hydrogen-bond acceptors (Lipinski definition) is 3. The van der Waals surface area contributed by atoms with Crippen molar-refractivity contribution < 1.29 is 12.8 Å². The maximum atomic E-state index is 12.8. The standard InChI is InChI=1S/C12H14FN3O2S/c1-15(9-11-7-8-14-16(11)2)19(17,18)12-5-3-10(13)4-6-12/h3-8H,9H2,1-2H3. The number of benzene rings is 1. The minimum Gasteiger partial charge on any atom is -0.271 e. The molecule has 1 heterocycles. The van der Waals surface area contributed by atoms with Gasteiger partial charge in [0.2, 0.25) is 10.0 Å². The van der Waals surface area contributed by atoms with Gasteiger partial charge in [-0.3, -0.25) is 4.68 Å². The van der Waals surface area contributed by atoms with Gasteiger partial charge in [0.15, 0.2) is 0 Å². The predicted octanol–water partition coefficient (Wildman–Crippen LogP) is 1.38. The summed E-state index contributed by atoms with van der Waals surface area (Å²) in [4.78, 5) is 0.0681. The van der Waals surface area contributed by atoms with Crippen LogP contribution >= 0.6 is 0 Å². The van der Waals surface area contributed by atoms with E-state index in [2.05, 4.69) is 5.10 Å². The minimum atomic E-state index is -3.62. The highest BCUT2D eigenvalue weighted by atomic mass is 32.2. The molecule has 0 saturated carbocycles. The van der Waals surface area contributed by atoms with E-state index in [0.717, 1.165) is 17.8 Å². The number of nitrogens with zero attached hydrogens (tertiary/aromatic N) is 3. The van der Waals surface area contributed by atoms with Crippen molar-refractivity contribution >= 4 is 10.0 Å². The lowest BCUT2D eigenvalue weighted by molar-refractivity contribution is 0.453. The van der Waals surface area contributed by atoms with Crippen molar-refractivity contribution in [1.82, 2.24) is 14.1 Å². The fourth-order valence-electron chi connectivity index (χ4n) is 1.66. The summed E-state index contributed by atoms with van der Waals surface area (Å²) in [5.74, 6) is -0.465. The summed E-state index contributed by atoms with van der Waals surface area (Å²) in [6, 6.07) is 6.51. The fraction of sp³-hybridized carbons (Fsp3) is 0.250. The van der Waals surface area contributed by atoms with Gasteiger partial charge in [-0.2, -0.15) is 9.40 Å². The van der Waals surface area contributed by atoms with Crippen LogP contribution in [0.1, 0.15) is 5.69 Å². The van der Waals surface area contributed by atoms with Gasteiger partial charge in [-0.25, -0.2) is 12.8 Å². The van der Waals surface area contributed by atoms with Crippen LogP contribution in [0.5, 0.6) is 0 Å². The molecular formula is C12H14FN3O2S. The molecule has 102 valence electrons. The largest absolute Gasteiger partial charge is 0.271 e. The maximum Gasteiger partial charge on any atom is 0.243 e.